The Morgan fingerprint density at radius 2 is 1.59 bits per heavy atom. The summed E-state index contributed by atoms with van der Waals surface area (Å²) in [5, 5.41) is 9.43. The smallest absolute Gasteiger partial charge is 0.327 e. The molecule has 1 spiro atoms. The lowest BCUT2D eigenvalue weighted by molar-refractivity contribution is -0.135. The van der Waals surface area contributed by atoms with E-state index in [2.05, 4.69) is 4.90 Å². The minimum absolute atomic E-state index is 0.0507. The maximum Gasteiger partial charge on any atom is 0.327 e. The molecule has 0 unspecified atom stereocenters. The number of hydrogen-bond acceptors (Lipinski definition) is 4. The van der Waals surface area contributed by atoms with E-state index in [1.807, 2.05) is 42.5 Å². The maximum atomic E-state index is 13.2. The van der Waals surface area contributed by atoms with E-state index in [9.17, 15) is 14.7 Å². The molecule has 6 heteroatoms. The van der Waals surface area contributed by atoms with Crippen molar-refractivity contribution in [3.8, 4) is 5.75 Å². The largest absolute Gasteiger partial charge is 0.508 e. The third-order valence-corrected chi connectivity index (χ3v) is 6.30. The van der Waals surface area contributed by atoms with Crippen molar-refractivity contribution in [3.63, 3.8) is 0 Å². The van der Waals surface area contributed by atoms with Crippen molar-refractivity contribution in [2.24, 2.45) is 0 Å². The molecule has 2 heterocycles. The van der Waals surface area contributed by atoms with Crippen molar-refractivity contribution in [2.45, 2.75) is 31.3 Å². The number of imide groups is 1. The molecular weight excluding hydrogens is 366 g/mol. The number of carbonyl (C=O) groups is 2. The van der Waals surface area contributed by atoms with E-state index in [-0.39, 0.29) is 17.7 Å². The third-order valence-electron chi connectivity index (χ3n) is 6.30. The average Bonchev–Trinajstić information content (AvgIpc) is 2.91. The number of amides is 3. The van der Waals surface area contributed by atoms with E-state index >= 15 is 0 Å². The summed E-state index contributed by atoms with van der Waals surface area (Å²) in [4.78, 5) is 31.5. The highest BCUT2D eigenvalue weighted by Gasteiger charge is 2.56. The average molecular weight is 393 g/mol. The second-order valence-corrected chi connectivity index (χ2v) is 8.01. The Morgan fingerprint density at radius 3 is 2.24 bits per heavy atom. The Bertz CT molecular complexity index is 874. The maximum absolute atomic E-state index is 13.2. The molecule has 2 aliphatic rings. The highest BCUT2D eigenvalue weighted by atomic mass is 16.3. The van der Waals surface area contributed by atoms with Gasteiger partial charge in [-0.25, -0.2) is 4.79 Å². The van der Waals surface area contributed by atoms with Crippen molar-refractivity contribution in [3.05, 3.63) is 65.7 Å². The first-order chi connectivity index (χ1) is 14.0. The Morgan fingerprint density at radius 1 is 0.931 bits per heavy atom. The van der Waals surface area contributed by atoms with Crippen LogP contribution in [0.4, 0.5) is 4.79 Å². The number of urea groups is 1. The summed E-state index contributed by atoms with van der Waals surface area (Å²) >= 11 is 0. The highest BCUT2D eigenvalue weighted by molar-refractivity contribution is 6.07. The van der Waals surface area contributed by atoms with E-state index in [1.54, 1.807) is 24.1 Å². The Hall–Kier alpha value is -2.86. The molecule has 2 fully saturated rings. The van der Waals surface area contributed by atoms with Crippen LogP contribution in [0.2, 0.25) is 0 Å². The van der Waals surface area contributed by atoms with Crippen LogP contribution in [0.25, 0.3) is 0 Å². The van der Waals surface area contributed by atoms with Gasteiger partial charge in [0.1, 0.15) is 11.3 Å². The Kier molecular flexibility index (Phi) is 5.28. The zero-order valence-electron chi connectivity index (χ0n) is 16.8. The first-order valence-corrected chi connectivity index (χ1v) is 10.1. The van der Waals surface area contributed by atoms with Crippen molar-refractivity contribution < 1.29 is 14.7 Å². The number of aromatic hydroxyl groups is 1. The van der Waals surface area contributed by atoms with Crippen LogP contribution >= 0.6 is 0 Å². The van der Waals surface area contributed by atoms with Crippen LogP contribution in [0.15, 0.2) is 54.6 Å². The second kappa shape index (κ2) is 7.87. The first-order valence-electron chi connectivity index (χ1n) is 10.1. The molecular formula is C23H27N3O3. The molecule has 0 aliphatic carbocycles. The fraction of sp³-hybridized carbons (Fsp3) is 0.391. The van der Waals surface area contributed by atoms with Gasteiger partial charge in [-0.05, 0) is 42.5 Å². The fourth-order valence-electron chi connectivity index (χ4n) is 4.42. The minimum Gasteiger partial charge on any atom is -0.508 e. The molecule has 3 amide bonds. The van der Waals surface area contributed by atoms with E-state index in [0.29, 0.717) is 25.8 Å². The van der Waals surface area contributed by atoms with Gasteiger partial charge in [-0.15, -0.1) is 0 Å². The highest BCUT2D eigenvalue weighted by Crippen LogP contribution is 2.36. The molecule has 4 rings (SSSR count). The van der Waals surface area contributed by atoms with Gasteiger partial charge in [0.15, 0.2) is 0 Å². The molecule has 2 aromatic rings. The number of benzene rings is 2. The van der Waals surface area contributed by atoms with Gasteiger partial charge in [0.2, 0.25) is 0 Å². The topological polar surface area (TPSA) is 64.1 Å². The number of hydrogen-bond donors (Lipinski definition) is 1. The van der Waals surface area contributed by atoms with Gasteiger partial charge < -0.3 is 10.0 Å². The van der Waals surface area contributed by atoms with Crippen LogP contribution in [0, 0.1) is 0 Å². The van der Waals surface area contributed by atoms with E-state index < -0.39 is 5.54 Å². The van der Waals surface area contributed by atoms with Gasteiger partial charge in [0, 0.05) is 33.2 Å². The van der Waals surface area contributed by atoms with Gasteiger partial charge in [0.05, 0.1) is 0 Å². The molecule has 1 N–H and O–H groups in total. The second-order valence-electron chi connectivity index (χ2n) is 8.01. The van der Waals surface area contributed by atoms with Crippen LogP contribution in [0.5, 0.6) is 5.75 Å². The summed E-state index contributed by atoms with van der Waals surface area (Å²) in [6, 6.07) is 17.0. The van der Waals surface area contributed by atoms with Gasteiger partial charge in [-0.1, -0.05) is 42.5 Å². The molecule has 6 nitrogen and oxygen atoms in total. The number of rotatable bonds is 5. The van der Waals surface area contributed by atoms with Crippen molar-refractivity contribution >= 4 is 11.9 Å². The van der Waals surface area contributed by atoms with Gasteiger partial charge in [-0.2, -0.15) is 0 Å². The Balaban J connectivity index is 1.39. The lowest BCUT2D eigenvalue weighted by Gasteiger charge is -2.40. The predicted molar refractivity (Wildman–Crippen MR) is 110 cm³/mol. The lowest BCUT2D eigenvalue weighted by Crippen LogP contribution is -2.55. The summed E-state index contributed by atoms with van der Waals surface area (Å²) < 4.78 is 0. The quantitative estimate of drug-likeness (QED) is 0.794. The van der Waals surface area contributed by atoms with Crippen LogP contribution in [0.1, 0.15) is 24.0 Å². The number of piperidine rings is 1. The third kappa shape index (κ3) is 3.72. The molecule has 0 radical (unpaired) electrons. The van der Waals surface area contributed by atoms with E-state index in [0.717, 1.165) is 30.8 Å². The summed E-state index contributed by atoms with van der Waals surface area (Å²) in [6.45, 7) is 2.72. The van der Waals surface area contributed by atoms with Gasteiger partial charge in [0.25, 0.3) is 5.91 Å². The lowest BCUT2D eigenvalue weighted by atomic mass is 9.86. The number of nitrogens with zero attached hydrogens (tertiary/aromatic N) is 3. The number of phenolic OH excluding ortho intramolecular Hbond substituents is 1. The molecule has 152 valence electrons. The van der Waals surface area contributed by atoms with Crippen LogP contribution in [-0.2, 0) is 17.8 Å². The first kappa shape index (κ1) is 19.5. The van der Waals surface area contributed by atoms with E-state index in [4.69, 9.17) is 0 Å². The summed E-state index contributed by atoms with van der Waals surface area (Å²) in [7, 11) is 1.76. The van der Waals surface area contributed by atoms with Crippen molar-refractivity contribution in [1.82, 2.24) is 14.7 Å². The normalized spacial score (nSPS) is 19.3. The minimum atomic E-state index is -0.709. The molecule has 2 aromatic carbocycles. The zero-order chi connectivity index (χ0) is 20.4. The Labute approximate surface area is 171 Å². The molecule has 29 heavy (non-hydrogen) atoms. The van der Waals surface area contributed by atoms with E-state index in [1.165, 1.54) is 4.90 Å². The SMILES string of the molecule is CN1C(=O)N(CCc2ccccc2)C(=O)C12CCN(Cc1ccc(O)cc1)CC2. The summed E-state index contributed by atoms with van der Waals surface area (Å²) in [6.07, 6.45) is 1.97. The molecule has 0 bridgehead atoms. The van der Waals surface area contributed by atoms with Crippen LogP contribution in [-0.4, -0.2) is 64.0 Å². The number of likely N-dealkylation sites (N-methyl/N-ethyl adjacent to an activating group) is 1. The fourth-order valence-corrected chi connectivity index (χ4v) is 4.42. The number of phenols is 1. The molecule has 0 atom stereocenters. The van der Waals surface area contributed by atoms with Crippen LogP contribution in [0.3, 0.4) is 0 Å². The van der Waals surface area contributed by atoms with Gasteiger partial charge in [-0.3, -0.25) is 14.6 Å². The van der Waals surface area contributed by atoms with Crippen molar-refractivity contribution in [1.29, 1.82) is 0 Å². The van der Waals surface area contributed by atoms with Crippen molar-refractivity contribution in [2.75, 3.05) is 26.7 Å². The standard InChI is InChI=1S/C23H27N3O3/c1-24-22(29)26(14-11-18-5-3-2-4-6-18)21(28)23(24)12-15-25(16-13-23)17-19-7-9-20(27)10-8-19/h2-10,27H,11-17H2,1H3. The summed E-state index contributed by atoms with van der Waals surface area (Å²) in [5.41, 5.74) is 1.55. The predicted octanol–water partition coefficient (Wildman–Crippen LogP) is 2.86. The molecule has 2 aliphatic heterocycles. The van der Waals surface area contributed by atoms with Crippen LogP contribution < -0.4 is 0 Å². The molecule has 0 aromatic heterocycles. The number of likely N-dealkylation sites (tertiary alicyclic amines) is 1. The zero-order valence-corrected chi connectivity index (χ0v) is 16.8. The summed E-state index contributed by atoms with van der Waals surface area (Å²) in [5.74, 6) is 0.212. The molecule has 2 saturated heterocycles. The monoisotopic (exact) mass is 393 g/mol. The van der Waals surface area contributed by atoms with Gasteiger partial charge >= 0.3 is 6.03 Å². The number of carbonyl (C=O) groups excluding carboxylic acids is 2. The molecule has 0 saturated carbocycles.